The van der Waals surface area contributed by atoms with Crippen LogP contribution < -0.4 is 5.32 Å². The van der Waals surface area contributed by atoms with Gasteiger partial charge in [-0.2, -0.15) is 0 Å². The van der Waals surface area contributed by atoms with Crippen LogP contribution in [0.1, 0.15) is 44.7 Å². The van der Waals surface area contributed by atoms with Gasteiger partial charge in [-0.05, 0) is 43.4 Å². The molecular weight excluding hydrogens is 232 g/mol. The molecule has 0 aliphatic heterocycles. The van der Waals surface area contributed by atoms with Gasteiger partial charge >= 0.3 is 0 Å². The molecule has 100 valence electrons. The van der Waals surface area contributed by atoms with Crippen molar-refractivity contribution in [3.05, 3.63) is 35.4 Å². The lowest BCUT2D eigenvalue weighted by atomic mass is 9.75. The van der Waals surface area contributed by atoms with Crippen LogP contribution in [-0.4, -0.2) is 7.05 Å². The molecule has 0 amide bonds. The van der Waals surface area contributed by atoms with Crippen LogP contribution in [-0.2, 0) is 0 Å². The van der Waals surface area contributed by atoms with Crippen LogP contribution in [0.2, 0.25) is 0 Å². The molecule has 1 aromatic carbocycles. The number of hydrogen-bond acceptors (Lipinski definition) is 1. The maximum atomic E-state index is 13.9. The standard InChI is InChI=1S/C15H21F2N/c1-15(2)9-5-6-10(15)14(18-3)13-11(16)7-4-8-12(13)17/h4,7-8,10,14,18H,5-6,9H2,1-3H3. The molecule has 1 N–H and O–H groups in total. The molecule has 0 aromatic heterocycles. The Labute approximate surface area is 108 Å². The Balaban J connectivity index is 2.40. The third-order valence-corrected chi connectivity index (χ3v) is 4.36. The van der Waals surface area contributed by atoms with E-state index >= 15 is 0 Å². The molecule has 1 nitrogen and oxygen atoms in total. The molecule has 1 aliphatic rings. The van der Waals surface area contributed by atoms with Crippen molar-refractivity contribution in [1.82, 2.24) is 5.32 Å². The highest BCUT2D eigenvalue weighted by molar-refractivity contribution is 5.25. The average Bonchev–Trinajstić information content (AvgIpc) is 2.64. The first kappa shape index (κ1) is 13.5. The van der Waals surface area contributed by atoms with Crippen molar-refractivity contribution in [3.63, 3.8) is 0 Å². The van der Waals surface area contributed by atoms with E-state index < -0.39 is 11.6 Å². The van der Waals surface area contributed by atoms with Crippen LogP contribution in [0.4, 0.5) is 8.78 Å². The zero-order valence-corrected chi connectivity index (χ0v) is 11.3. The lowest BCUT2D eigenvalue weighted by Crippen LogP contribution is -2.33. The predicted octanol–water partition coefficient (Wildman–Crippen LogP) is 4.05. The molecule has 1 saturated carbocycles. The Morgan fingerprint density at radius 2 is 1.89 bits per heavy atom. The summed E-state index contributed by atoms with van der Waals surface area (Å²) in [6, 6.07) is 3.85. The van der Waals surface area contributed by atoms with Crippen molar-refractivity contribution in [1.29, 1.82) is 0 Å². The first-order valence-electron chi connectivity index (χ1n) is 6.58. The van der Waals surface area contributed by atoms with E-state index in [0.29, 0.717) is 0 Å². The van der Waals surface area contributed by atoms with E-state index in [4.69, 9.17) is 0 Å². The minimum Gasteiger partial charge on any atom is -0.313 e. The van der Waals surface area contributed by atoms with Gasteiger partial charge in [0.1, 0.15) is 11.6 Å². The van der Waals surface area contributed by atoms with E-state index in [9.17, 15) is 8.78 Å². The van der Waals surface area contributed by atoms with Crippen molar-refractivity contribution in [2.75, 3.05) is 7.05 Å². The van der Waals surface area contributed by atoms with Crippen molar-refractivity contribution in [2.24, 2.45) is 11.3 Å². The highest BCUT2D eigenvalue weighted by atomic mass is 19.1. The molecule has 0 saturated heterocycles. The highest BCUT2D eigenvalue weighted by Gasteiger charge is 2.41. The topological polar surface area (TPSA) is 12.0 Å². The van der Waals surface area contributed by atoms with E-state index in [2.05, 4.69) is 19.2 Å². The quantitative estimate of drug-likeness (QED) is 0.857. The molecule has 18 heavy (non-hydrogen) atoms. The predicted molar refractivity (Wildman–Crippen MR) is 69.3 cm³/mol. The van der Waals surface area contributed by atoms with Gasteiger partial charge in [-0.25, -0.2) is 8.78 Å². The number of halogens is 2. The molecule has 3 heteroatoms. The summed E-state index contributed by atoms with van der Waals surface area (Å²) in [5, 5.41) is 3.12. The largest absolute Gasteiger partial charge is 0.313 e. The summed E-state index contributed by atoms with van der Waals surface area (Å²) >= 11 is 0. The third-order valence-electron chi connectivity index (χ3n) is 4.36. The van der Waals surface area contributed by atoms with Gasteiger partial charge in [0.25, 0.3) is 0 Å². The monoisotopic (exact) mass is 253 g/mol. The maximum Gasteiger partial charge on any atom is 0.130 e. The Kier molecular flexibility index (Phi) is 3.71. The summed E-state index contributed by atoms with van der Waals surface area (Å²) in [6.07, 6.45) is 3.27. The SMILES string of the molecule is CNC(c1c(F)cccc1F)C1CCCC1(C)C. The molecular formula is C15H21F2N. The zero-order chi connectivity index (χ0) is 13.3. The van der Waals surface area contributed by atoms with Crippen LogP contribution in [0.5, 0.6) is 0 Å². The minimum absolute atomic E-state index is 0.127. The van der Waals surface area contributed by atoms with Gasteiger partial charge in [0.2, 0.25) is 0 Å². The smallest absolute Gasteiger partial charge is 0.130 e. The number of benzene rings is 1. The van der Waals surface area contributed by atoms with Gasteiger partial charge < -0.3 is 5.32 Å². The first-order chi connectivity index (χ1) is 8.47. The van der Waals surface area contributed by atoms with Crippen molar-refractivity contribution in [3.8, 4) is 0 Å². The molecule has 0 spiro atoms. The lowest BCUT2D eigenvalue weighted by molar-refractivity contribution is 0.198. The summed E-state index contributed by atoms with van der Waals surface area (Å²) in [5.41, 5.74) is 0.322. The fraction of sp³-hybridized carbons (Fsp3) is 0.600. The third kappa shape index (κ3) is 2.28. The summed E-state index contributed by atoms with van der Waals surface area (Å²) in [6.45, 7) is 4.38. The summed E-state index contributed by atoms with van der Waals surface area (Å²) in [4.78, 5) is 0. The lowest BCUT2D eigenvalue weighted by Gasteiger charge is -2.34. The summed E-state index contributed by atoms with van der Waals surface area (Å²) in [5.74, 6) is -0.622. The van der Waals surface area contributed by atoms with Crippen LogP contribution in [0, 0.1) is 23.0 Å². The Morgan fingerprint density at radius 1 is 1.28 bits per heavy atom. The van der Waals surface area contributed by atoms with E-state index in [1.807, 2.05) is 0 Å². The summed E-state index contributed by atoms with van der Waals surface area (Å²) < 4.78 is 27.8. The van der Waals surface area contributed by atoms with Gasteiger partial charge in [0.05, 0.1) is 0 Å². The van der Waals surface area contributed by atoms with Crippen molar-refractivity contribution >= 4 is 0 Å². The average molecular weight is 253 g/mol. The highest BCUT2D eigenvalue weighted by Crippen LogP contribution is 2.49. The van der Waals surface area contributed by atoms with Gasteiger partial charge in [0.15, 0.2) is 0 Å². The second-order valence-corrected chi connectivity index (χ2v) is 5.89. The van der Waals surface area contributed by atoms with Crippen LogP contribution in [0.15, 0.2) is 18.2 Å². The van der Waals surface area contributed by atoms with E-state index in [-0.39, 0.29) is 22.9 Å². The molecule has 0 heterocycles. The normalized spacial score (nSPS) is 24.2. The van der Waals surface area contributed by atoms with Crippen molar-refractivity contribution < 1.29 is 8.78 Å². The van der Waals surface area contributed by atoms with Gasteiger partial charge in [0, 0.05) is 11.6 Å². The molecule has 2 rings (SSSR count). The van der Waals surface area contributed by atoms with Crippen molar-refractivity contribution in [2.45, 2.75) is 39.2 Å². The fourth-order valence-corrected chi connectivity index (χ4v) is 3.33. The number of rotatable bonds is 3. The number of nitrogens with one attached hydrogen (secondary N) is 1. The van der Waals surface area contributed by atoms with Crippen LogP contribution in [0.25, 0.3) is 0 Å². The molecule has 0 radical (unpaired) electrons. The van der Waals surface area contributed by atoms with Gasteiger partial charge in [-0.1, -0.05) is 26.3 Å². The first-order valence-corrected chi connectivity index (χ1v) is 6.58. The molecule has 1 aromatic rings. The molecule has 0 bridgehead atoms. The Hall–Kier alpha value is -0.960. The van der Waals surface area contributed by atoms with E-state index in [0.717, 1.165) is 19.3 Å². The second-order valence-electron chi connectivity index (χ2n) is 5.89. The van der Waals surface area contributed by atoms with Crippen LogP contribution >= 0.6 is 0 Å². The zero-order valence-electron chi connectivity index (χ0n) is 11.3. The fourth-order valence-electron chi connectivity index (χ4n) is 3.33. The summed E-state index contributed by atoms with van der Waals surface area (Å²) in [7, 11) is 1.78. The minimum atomic E-state index is -0.447. The van der Waals surface area contributed by atoms with Gasteiger partial charge in [-0.3, -0.25) is 0 Å². The van der Waals surface area contributed by atoms with E-state index in [1.165, 1.54) is 18.2 Å². The Morgan fingerprint density at radius 3 is 2.33 bits per heavy atom. The second kappa shape index (κ2) is 4.96. The molecule has 1 fully saturated rings. The van der Waals surface area contributed by atoms with Gasteiger partial charge in [-0.15, -0.1) is 0 Å². The molecule has 2 atom stereocenters. The van der Waals surface area contributed by atoms with E-state index in [1.54, 1.807) is 7.05 Å². The number of hydrogen-bond donors (Lipinski definition) is 1. The maximum absolute atomic E-state index is 13.9. The molecule has 1 aliphatic carbocycles. The Bertz CT molecular complexity index is 408. The van der Waals surface area contributed by atoms with Crippen LogP contribution in [0.3, 0.4) is 0 Å². The molecule has 2 unspecified atom stereocenters.